The zero-order valence-electron chi connectivity index (χ0n) is 12.6. The van der Waals surface area contributed by atoms with Crippen molar-refractivity contribution in [3.8, 4) is 0 Å². The molecular weight excluding hydrogens is 294 g/mol. The number of pyridine rings is 1. The van der Waals surface area contributed by atoms with Gasteiger partial charge in [-0.05, 0) is 42.8 Å². The fourth-order valence-electron chi connectivity index (χ4n) is 2.44. The Kier molecular flexibility index (Phi) is 3.89. The van der Waals surface area contributed by atoms with Gasteiger partial charge in [-0.25, -0.2) is 4.98 Å². The Morgan fingerprint density at radius 1 is 1.13 bits per heavy atom. The average Bonchev–Trinajstić information content (AvgIpc) is 2.86. The van der Waals surface area contributed by atoms with Gasteiger partial charge in [-0.15, -0.1) is 0 Å². The minimum atomic E-state index is -0.343. The normalized spacial score (nSPS) is 14.2. The van der Waals surface area contributed by atoms with Gasteiger partial charge in [-0.3, -0.25) is 19.3 Å². The predicted octanol–water partition coefficient (Wildman–Crippen LogP) is 2.30. The number of imide groups is 1. The first-order valence-electron chi connectivity index (χ1n) is 7.24. The van der Waals surface area contributed by atoms with Crippen molar-refractivity contribution in [1.82, 2.24) is 4.98 Å². The lowest BCUT2D eigenvalue weighted by Crippen LogP contribution is -2.28. The monoisotopic (exact) mass is 309 g/mol. The van der Waals surface area contributed by atoms with Crippen LogP contribution in [0.5, 0.6) is 0 Å². The van der Waals surface area contributed by atoms with Crippen LogP contribution in [-0.2, 0) is 9.59 Å². The number of benzene rings is 1. The highest BCUT2D eigenvalue weighted by Gasteiger charge is 2.30. The standard InChI is InChI=1S/C17H15N3O3/c1-11-7-8-18-14(9-11)19-17(23)12-3-2-4-13(10-12)20-15(21)5-6-16(20)22/h2-4,7-10H,5-6H2,1H3,(H,18,19,23). The number of rotatable bonds is 3. The third-order valence-electron chi connectivity index (χ3n) is 3.58. The van der Waals surface area contributed by atoms with Crippen LogP contribution < -0.4 is 10.2 Å². The number of amides is 3. The molecule has 1 aliphatic heterocycles. The highest BCUT2D eigenvalue weighted by Crippen LogP contribution is 2.23. The highest BCUT2D eigenvalue weighted by atomic mass is 16.2. The Labute approximate surface area is 133 Å². The summed E-state index contributed by atoms with van der Waals surface area (Å²) < 4.78 is 0. The molecule has 2 heterocycles. The molecule has 116 valence electrons. The molecule has 0 unspecified atom stereocenters. The van der Waals surface area contributed by atoms with Gasteiger partial charge in [0, 0.05) is 24.6 Å². The van der Waals surface area contributed by atoms with Crippen LogP contribution in [-0.4, -0.2) is 22.7 Å². The number of aromatic nitrogens is 1. The van der Waals surface area contributed by atoms with E-state index in [1.807, 2.05) is 13.0 Å². The number of anilines is 2. The lowest BCUT2D eigenvalue weighted by molar-refractivity contribution is -0.121. The quantitative estimate of drug-likeness (QED) is 0.882. The predicted molar refractivity (Wildman–Crippen MR) is 85.1 cm³/mol. The molecule has 3 rings (SSSR count). The summed E-state index contributed by atoms with van der Waals surface area (Å²) in [5.41, 5.74) is 1.76. The van der Waals surface area contributed by atoms with Gasteiger partial charge in [0.2, 0.25) is 11.8 Å². The molecule has 1 fully saturated rings. The molecule has 1 N–H and O–H groups in total. The Morgan fingerprint density at radius 2 is 1.87 bits per heavy atom. The fraction of sp³-hybridized carbons (Fsp3) is 0.176. The third-order valence-corrected chi connectivity index (χ3v) is 3.58. The summed E-state index contributed by atoms with van der Waals surface area (Å²) in [7, 11) is 0. The molecule has 0 atom stereocenters. The largest absolute Gasteiger partial charge is 0.307 e. The maximum atomic E-state index is 12.3. The van der Waals surface area contributed by atoms with Gasteiger partial charge in [0.05, 0.1) is 5.69 Å². The third kappa shape index (κ3) is 3.11. The van der Waals surface area contributed by atoms with E-state index in [-0.39, 0.29) is 30.6 Å². The van der Waals surface area contributed by atoms with Crippen LogP contribution in [0.4, 0.5) is 11.5 Å². The number of aryl methyl sites for hydroxylation is 1. The molecule has 1 saturated heterocycles. The first-order valence-corrected chi connectivity index (χ1v) is 7.24. The van der Waals surface area contributed by atoms with Crippen molar-refractivity contribution in [3.05, 3.63) is 53.7 Å². The zero-order chi connectivity index (χ0) is 16.4. The zero-order valence-corrected chi connectivity index (χ0v) is 12.6. The van der Waals surface area contributed by atoms with Crippen molar-refractivity contribution in [2.24, 2.45) is 0 Å². The second kappa shape index (κ2) is 6.00. The molecule has 0 aliphatic carbocycles. The van der Waals surface area contributed by atoms with Crippen molar-refractivity contribution < 1.29 is 14.4 Å². The van der Waals surface area contributed by atoms with Crippen molar-refractivity contribution in [2.45, 2.75) is 19.8 Å². The highest BCUT2D eigenvalue weighted by molar-refractivity contribution is 6.20. The van der Waals surface area contributed by atoms with Gasteiger partial charge in [0.15, 0.2) is 0 Å². The number of hydrogen-bond donors (Lipinski definition) is 1. The molecular formula is C17H15N3O3. The average molecular weight is 309 g/mol. The molecule has 1 aliphatic rings. The van der Waals surface area contributed by atoms with Gasteiger partial charge in [-0.1, -0.05) is 6.07 Å². The molecule has 0 bridgehead atoms. The Balaban J connectivity index is 1.83. The summed E-state index contributed by atoms with van der Waals surface area (Å²) in [4.78, 5) is 41.1. The number of nitrogens with zero attached hydrogens (tertiary/aromatic N) is 2. The van der Waals surface area contributed by atoms with Gasteiger partial charge in [0.25, 0.3) is 5.91 Å². The van der Waals surface area contributed by atoms with Crippen molar-refractivity contribution in [3.63, 3.8) is 0 Å². The summed E-state index contributed by atoms with van der Waals surface area (Å²) >= 11 is 0. The lowest BCUT2D eigenvalue weighted by Gasteiger charge is -2.14. The maximum Gasteiger partial charge on any atom is 0.256 e. The van der Waals surface area contributed by atoms with Gasteiger partial charge in [0.1, 0.15) is 5.82 Å². The van der Waals surface area contributed by atoms with Gasteiger partial charge in [-0.2, -0.15) is 0 Å². The first-order chi connectivity index (χ1) is 11.0. The second-order valence-corrected chi connectivity index (χ2v) is 5.35. The Bertz CT molecular complexity index is 785. The van der Waals surface area contributed by atoms with Crippen LogP contribution >= 0.6 is 0 Å². The number of carbonyl (C=O) groups is 3. The Hall–Kier alpha value is -3.02. The molecule has 23 heavy (non-hydrogen) atoms. The smallest absolute Gasteiger partial charge is 0.256 e. The van der Waals surface area contributed by atoms with Crippen LogP contribution in [0.15, 0.2) is 42.6 Å². The van der Waals surface area contributed by atoms with Crippen molar-refractivity contribution in [1.29, 1.82) is 0 Å². The summed E-state index contributed by atoms with van der Waals surface area (Å²) in [5, 5.41) is 2.70. The van der Waals surface area contributed by atoms with E-state index in [0.29, 0.717) is 17.1 Å². The van der Waals surface area contributed by atoms with E-state index >= 15 is 0 Å². The van der Waals surface area contributed by atoms with E-state index in [4.69, 9.17) is 0 Å². The summed E-state index contributed by atoms with van der Waals surface area (Å²) in [6.07, 6.45) is 2.04. The number of carbonyl (C=O) groups excluding carboxylic acids is 3. The maximum absolute atomic E-state index is 12.3. The van der Waals surface area contributed by atoms with E-state index in [9.17, 15) is 14.4 Å². The molecule has 0 saturated carbocycles. The van der Waals surface area contributed by atoms with Crippen molar-refractivity contribution >= 4 is 29.2 Å². The van der Waals surface area contributed by atoms with Crippen LogP contribution in [0.1, 0.15) is 28.8 Å². The molecule has 6 heteroatoms. The molecule has 3 amide bonds. The number of hydrogen-bond acceptors (Lipinski definition) is 4. The minimum Gasteiger partial charge on any atom is -0.307 e. The van der Waals surface area contributed by atoms with E-state index in [0.717, 1.165) is 10.5 Å². The van der Waals surface area contributed by atoms with Gasteiger partial charge >= 0.3 is 0 Å². The molecule has 2 aromatic rings. The molecule has 0 spiro atoms. The van der Waals surface area contributed by atoms with Crippen LogP contribution in [0.3, 0.4) is 0 Å². The topological polar surface area (TPSA) is 79.4 Å². The van der Waals surface area contributed by atoms with Crippen LogP contribution in [0.25, 0.3) is 0 Å². The van der Waals surface area contributed by atoms with E-state index < -0.39 is 0 Å². The summed E-state index contributed by atoms with van der Waals surface area (Å²) in [6, 6.07) is 10.0. The second-order valence-electron chi connectivity index (χ2n) is 5.35. The SMILES string of the molecule is Cc1ccnc(NC(=O)c2cccc(N3C(=O)CCC3=O)c2)c1. The molecule has 1 aromatic heterocycles. The fourth-order valence-corrected chi connectivity index (χ4v) is 2.44. The van der Waals surface area contributed by atoms with E-state index in [1.54, 1.807) is 30.5 Å². The minimum absolute atomic E-state index is 0.211. The van der Waals surface area contributed by atoms with Crippen LogP contribution in [0, 0.1) is 6.92 Å². The summed E-state index contributed by atoms with van der Waals surface area (Å²) in [6.45, 7) is 1.91. The Morgan fingerprint density at radius 3 is 2.57 bits per heavy atom. The molecule has 0 radical (unpaired) electrons. The number of nitrogens with one attached hydrogen (secondary N) is 1. The van der Waals surface area contributed by atoms with E-state index in [1.165, 1.54) is 6.07 Å². The molecule has 1 aromatic carbocycles. The lowest BCUT2D eigenvalue weighted by atomic mass is 10.1. The van der Waals surface area contributed by atoms with E-state index in [2.05, 4.69) is 10.3 Å². The molecule has 6 nitrogen and oxygen atoms in total. The van der Waals surface area contributed by atoms with Crippen molar-refractivity contribution in [2.75, 3.05) is 10.2 Å². The first kappa shape index (κ1) is 14.9. The summed E-state index contributed by atoms with van der Waals surface area (Å²) in [5.74, 6) is -0.376. The van der Waals surface area contributed by atoms with Gasteiger partial charge < -0.3 is 5.32 Å². The van der Waals surface area contributed by atoms with Crippen LogP contribution in [0.2, 0.25) is 0 Å².